The number of rotatable bonds is 1. The predicted octanol–water partition coefficient (Wildman–Crippen LogP) is 2.96. The van der Waals surface area contributed by atoms with Crippen LogP contribution in [0, 0.1) is 13.8 Å². The molecule has 2 heteroatoms. The molecular weight excluding hydrogens is 162 g/mol. The number of aryl methyl sites for hydroxylation is 2. The lowest BCUT2D eigenvalue weighted by Crippen LogP contribution is -1.82. The Morgan fingerprint density at radius 1 is 1.15 bits per heavy atom. The van der Waals surface area contributed by atoms with E-state index >= 15 is 0 Å². The second-order valence-corrected chi connectivity index (χ2v) is 3.20. The average molecular weight is 173 g/mol. The van der Waals surface area contributed by atoms with Crippen LogP contribution in [-0.2, 0) is 0 Å². The summed E-state index contributed by atoms with van der Waals surface area (Å²) in [6.07, 6.45) is 1.66. The summed E-state index contributed by atoms with van der Waals surface area (Å²) in [5, 5.41) is 3.69. The molecule has 1 aromatic carbocycles. The standard InChI is InChI=1S/C11H11NO/c1-8-3-4-9(2)10(7-8)11-5-6-12-13-11/h3-7H,1-2H3. The molecule has 0 saturated carbocycles. The molecule has 0 radical (unpaired) electrons. The third kappa shape index (κ3) is 1.47. The summed E-state index contributed by atoms with van der Waals surface area (Å²) in [5.74, 6) is 0.834. The van der Waals surface area contributed by atoms with E-state index < -0.39 is 0 Å². The highest BCUT2D eigenvalue weighted by Crippen LogP contribution is 2.23. The molecule has 2 nitrogen and oxygen atoms in total. The van der Waals surface area contributed by atoms with Gasteiger partial charge < -0.3 is 4.52 Å². The van der Waals surface area contributed by atoms with Gasteiger partial charge in [0.15, 0.2) is 5.76 Å². The summed E-state index contributed by atoms with van der Waals surface area (Å²) in [7, 11) is 0. The normalized spacial score (nSPS) is 10.3. The van der Waals surface area contributed by atoms with Gasteiger partial charge in [0, 0.05) is 11.6 Å². The van der Waals surface area contributed by atoms with Gasteiger partial charge in [-0.1, -0.05) is 22.9 Å². The molecule has 13 heavy (non-hydrogen) atoms. The van der Waals surface area contributed by atoms with Crippen LogP contribution in [0.4, 0.5) is 0 Å². The Kier molecular flexibility index (Phi) is 1.89. The maximum absolute atomic E-state index is 5.11. The number of aromatic nitrogens is 1. The molecule has 0 atom stereocenters. The van der Waals surface area contributed by atoms with Gasteiger partial charge >= 0.3 is 0 Å². The van der Waals surface area contributed by atoms with Gasteiger partial charge in [0.1, 0.15) is 0 Å². The highest BCUT2D eigenvalue weighted by Gasteiger charge is 2.04. The van der Waals surface area contributed by atoms with Crippen molar-refractivity contribution in [2.24, 2.45) is 0 Å². The van der Waals surface area contributed by atoms with Gasteiger partial charge in [-0.3, -0.25) is 0 Å². The lowest BCUT2D eigenvalue weighted by atomic mass is 10.0. The van der Waals surface area contributed by atoms with Crippen LogP contribution in [0.25, 0.3) is 11.3 Å². The quantitative estimate of drug-likeness (QED) is 0.662. The maximum atomic E-state index is 5.11. The second kappa shape index (κ2) is 3.05. The van der Waals surface area contributed by atoms with Gasteiger partial charge in [0.05, 0.1) is 6.20 Å². The minimum atomic E-state index is 0.834. The van der Waals surface area contributed by atoms with Gasteiger partial charge in [-0.15, -0.1) is 0 Å². The van der Waals surface area contributed by atoms with Gasteiger partial charge in [0.25, 0.3) is 0 Å². The van der Waals surface area contributed by atoms with Crippen molar-refractivity contribution in [3.05, 3.63) is 41.6 Å². The van der Waals surface area contributed by atoms with E-state index in [2.05, 4.69) is 37.2 Å². The van der Waals surface area contributed by atoms with Crippen LogP contribution in [0.3, 0.4) is 0 Å². The fraction of sp³-hybridized carbons (Fsp3) is 0.182. The van der Waals surface area contributed by atoms with Crippen LogP contribution in [0.1, 0.15) is 11.1 Å². The third-order valence-electron chi connectivity index (χ3n) is 2.10. The third-order valence-corrected chi connectivity index (χ3v) is 2.10. The molecule has 0 unspecified atom stereocenters. The summed E-state index contributed by atoms with van der Waals surface area (Å²) in [5.41, 5.74) is 3.57. The molecule has 0 aliphatic carbocycles. The van der Waals surface area contributed by atoms with E-state index in [1.165, 1.54) is 11.1 Å². The van der Waals surface area contributed by atoms with Gasteiger partial charge in [-0.25, -0.2) is 0 Å². The van der Waals surface area contributed by atoms with Crippen molar-refractivity contribution in [3.63, 3.8) is 0 Å². The van der Waals surface area contributed by atoms with Crippen molar-refractivity contribution in [1.29, 1.82) is 0 Å². The Morgan fingerprint density at radius 3 is 2.69 bits per heavy atom. The van der Waals surface area contributed by atoms with E-state index in [1.807, 2.05) is 6.07 Å². The first-order valence-electron chi connectivity index (χ1n) is 4.25. The monoisotopic (exact) mass is 173 g/mol. The van der Waals surface area contributed by atoms with Crippen molar-refractivity contribution in [1.82, 2.24) is 5.16 Å². The van der Waals surface area contributed by atoms with Crippen LogP contribution < -0.4 is 0 Å². The minimum absolute atomic E-state index is 0.834. The lowest BCUT2D eigenvalue weighted by Gasteiger charge is -2.02. The van der Waals surface area contributed by atoms with Crippen molar-refractivity contribution in [2.75, 3.05) is 0 Å². The molecular formula is C11H11NO. The summed E-state index contributed by atoms with van der Waals surface area (Å²) in [6, 6.07) is 8.17. The highest BCUT2D eigenvalue weighted by atomic mass is 16.5. The van der Waals surface area contributed by atoms with E-state index in [0.29, 0.717) is 0 Å². The molecule has 1 heterocycles. The molecule has 66 valence electrons. The molecule has 0 aliphatic rings. The molecule has 0 spiro atoms. The van der Waals surface area contributed by atoms with Gasteiger partial charge in [-0.05, 0) is 25.5 Å². The van der Waals surface area contributed by atoms with Gasteiger partial charge in [-0.2, -0.15) is 0 Å². The first-order chi connectivity index (χ1) is 6.27. The van der Waals surface area contributed by atoms with Crippen LogP contribution in [-0.4, -0.2) is 5.16 Å². The van der Waals surface area contributed by atoms with Crippen LogP contribution >= 0.6 is 0 Å². The van der Waals surface area contributed by atoms with Crippen molar-refractivity contribution >= 4 is 0 Å². The molecule has 2 aromatic rings. The fourth-order valence-electron chi connectivity index (χ4n) is 1.36. The largest absolute Gasteiger partial charge is 0.356 e. The van der Waals surface area contributed by atoms with Gasteiger partial charge in [0.2, 0.25) is 0 Å². The molecule has 0 amide bonds. The summed E-state index contributed by atoms with van der Waals surface area (Å²) in [6.45, 7) is 4.14. The van der Waals surface area contributed by atoms with Crippen LogP contribution in [0.15, 0.2) is 35.0 Å². The SMILES string of the molecule is Cc1ccc(C)c(-c2ccno2)c1. The number of nitrogens with zero attached hydrogens (tertiary/aromatic N) is 1. The topological polar surface area (TPSA) is 26.0 Å². The Bertz CT molecular complexity index is 404. The Morgan fingerprint density at radius 2 is 2.00 bits per heavy atom. The number of benzene rings is 1. The summed E-state index contributed by atoms with van der Waals surface area (Å²) >= 11 is 0. The number of hydrogen-bond acceptors (Lipinski definition) is 2. The summed E-state index contributed by atoms with van der Waals surface area (Å²) in [4.78, 5) is 0. The molecule has 0 aliphatic heterocycles. The molecule has 0 saturated heterocycles. The Hall–Kier alpha value is -1.57. The van der Waals surface area contributed by atoms with Crippen molar-refractivity contribution < 1.29 is 4.52 Å². The zero-order chi connectivity index (χ0) is 9.26. The van der Waals surface area contributed by atoms with Crippen LogP contribution in [0.5, 0.6) is 0 Å². The Balaban J connectivity index is 2.57. The zero-order valence-corrected chi connectivity index (χ0v) is 7.74. The van der Waals surface area contributed by atoms with Crippen molar-refractivity contribution in [2.45, 2.75) is 13.8 Å². The molecule has 2 rings (SSSR count). The summed E-state index contributed by atoms with van der Waals surface area (Å²) < 4.78 is 5.11. The molecule has 0 bridgehead atoms. The van der Waals surface area contributed by atoms with E-state index in [-0.39, 0.29) is 0 Å². The van der Waals surface area contributed by atoms with E-state index in [1.54, 1.807) is 6.20 Å². The predicted molar refractivity (Wildman–Crippen MR) is 51.4 cm³/mol. The van der Waals surface area contributed by atoms with Crippen LogP contribution in [0.2, 0.25) is 0 Å². The molecule has 0 N–H and O–H groups in total. The first-order valence-corrected chi connectivity index (χ1v) is 4.25. The lowest BCUT2D eigenvalue weighted by molar-refractivity contribution is 0.432. The highest BCUT2D eigenvalue weighted by molar-refractivity contribution is 5.62. The van der Waals surface area contributed by atoms with E-state index in [4.69, 9.17) is 4.52 Å². The first kappa shape index (κ1) is 8.05. The smallest absolute Gasteiger partial charge is 0.167 e. The fourth-order valence-corrected chi connectivity index (χ4v) is 1.36. The number of hydrogen-bond donors (Lipinski definition) is 0. The molecule has 1 aromatic heterocycles. The average Bonchev–Trinajstić information content (AvgIpc) is 2.61. The van der Waals surface area contributed by atoms with Crippen molar-refractivity contribution in [3.8, 4) is 11.3 Å². The van der Waals surface area contributed by atoms with E-state index in [9.17, 15) is 0 Å². The minimum Gasteiger partial charge on any atom is -0.356 e. The Labute approximate surface area is 77.2 Å². The molecule has 0 fully saturated rings. The van der Waals surface area contributed by atoms with E-state index in [0.717, 1.165) is 11.3 Å². The maximum Gasteiger partial charge on any atom is 0.167 e. The zero-order valence-electron chi connectivity index (χ0n) is 7.74. The second-order valence-electron chi connectivity index (χ2n) is 3.20.